The Labute approximate surface area is 87.5 Å². The normalized spacial score (nSPS) is 22.5. The molecule has 0 bridgehead atoms. The van der Waals surface area contributed by atoms with Crippen molar-refractivity contribution >= 4 is 17.5 Å². The zero-order valence-corrected chi connectivity index (χ0v) is 8.69. The minimum Gasteiger partial charge on any atom is -0.430 e. The van der Waals surface area contributed by atoms with Gasteiger partial charge in [0.1, 0.15) is 5.76 Å². The number of hydrogen-bond acceptors (Lipinski definition) is 5. The van der Waals surface area contributed by atoms with Crippen molar-refractivity contribution < 1.29 is 19.4 Å². The highest BCUT2D eigenvalue weighted by molar-refractivity contribution is 6.22. The average molecular weight is 211 g/mol. The van der Waals surface area contributed by atoms with Crippen LogP contribution in [0.15, 0.2) is 16.8 Å². The van der Waals surface area contributed by atoms with Gasteiger partial charge in [0.2, 0.25) is 0 Å². The van der Waals surface area contributed by atoms with Crippen molar-refractivity contribution in [3.8, 4) is 0 Å². The number of esters is 1. The fourth-order valence-electron chi connectivity index (χ4n) is 1.34. The quantitative estimate of drug-likeness (QED) is 0.407. The second kappa shape index (κ2) is 4.84. The second-order valence-electron chi connectivity index (χ2n) is 3.26. The molecule has 1 heterocycles. The molecule has 1 unspecified atom stereocenters. The van der Waals surface area contributed by atoms with E-state index in [0.29, 0.717) is 11.5 Å². The standard InChI is InChI=1S/C10H13NO4/c1-6-5-8(13)9(10(14)15-6)7(2)11-3-4-12/h5,9,12H,3-4H2,1-2H3. The second-order valence-corrected chi connectivity index (χ2v) is 3.26. The van der Waals surface area contributed by atoms with Gasteiger partial charge in [0.25, 0.3) is 0 Å². The maximum absolute atomic E-state index is 11.5. The predicted octanol–water partition coefficient (Wildman–Crippen LogP) is 0.0855. The minimum absolute atomic E-state index is 0.109. The molecule has 0 saturated heterocycles. The van der Waals surface area contributed by atoms with Crippen LogP contribution in [-0.4, -0.2) is 35.7 Å². The van der Waals surface area contributed by atoms with E-state index in [1.165, 1.54) is 6.08 Å². The Morgan fingerprint density at radius 2 is 2.27 bits per heavy atom. The lowest BCUT2D eigenvalue weighted by atomic mass is 9.97. The number of nitrogens with zero attached hydrogens (tertiary/aromatic N) is 1. The van der Waals surface area contributed by atoms with E-state index in [-0.39, 0.29) is 18.9 Å². The molecule has 0 aliphatic carbocycles. The number of aliphatic hydroxyl groups is 1. The molecular formula is C10H13NO4. The van der Waals surface area contributed by atoms with E-state index in [9.17, 15) is 9.59 Å². The molecule has 1 aliphatic rings. The topological polar surface area (TPSA) is 76.0 Å². The van der Waals surface area contributed by atoms with Crippen molar-refractivity contribution in [3.05, 3.63) is 11.8 Å². The summed E-state index contributed by atoms with van der Waals surface area (Å²) in [6.07, 6.45) is 1.28. The van der Waals surface area contributed by atoms with Crippen molar-refractivity contribution in [3.63, 3.8) is 0 Å². The molecule has 0 radical (unpaired) electrons. The van der Waals surface area contributed by atoms with Crippen LogP contribution in [0.1, 0.15) is 13.8 Å². The molecule has 0 aromatic carbocycles. The van der Waals surface area contributed by atoms with Crippen LogP contribution >= 0.6 is 0 Å². The van der Waals surface area contributed by atoms with Gasteiger partial charge < -0.3 is 9.84 Å². The van der Waals surface area contributed by atoms with E-state index < -0.39 is 11.9 Å². The number of rotatable bonds is 3. The molecule has 5 heteroatoms. The number of hydrogen-bond donors (Lipinski definition) is 1. The van der Waals surface area contributed by atoms with E-state index in [1.807, 2.05) is 0 Å². The van der Waals surface area contributed by atoms with Crippen molar-refractivity contribution in [2.45, 2.75) is 13.8 Å². The predicted molar refractivity (Wildman–Crippen MR) is 53.4 cm³/mol. The van der Waals surface area contributed by atoms with Crippen molar-refractivity contribution in [1.29, 1.82) is 0 Å². The summed E-state index contributed by atoms with van der Waals surface area (Å²) in [6, 6.07) is 0. The fraction of sp³-hybridized carbons (Fsp3) is 0.500. The Balaban J connectivity index is 2.86. The van der Waals surface area contributed by atoms with Gasteiger partial charge in [0.15, 0.2) is 11.7 Å². The first kappa shape index (κ1) is 11.6. The van der Waals surface area contributed by atoms with Crippen LogP contribution in [0.4, 0.5) is 0 Å². The van der Waals surface area contributed by atoms with Gasteiger partial charge in [0.05, 0.1) is 13.2 Å². The lowest BCUT2D eigenvalue weighted by Crippen LogP contribution is -2.34. The molecular weight excluding hydrogens is 198 g/mol. The molecule has 1 rings (SSSR count). The first-order chi connectivity index (χ1) is 7.06. The number of carbonyl (C=O) groups is 2. The zero-order valence-electron chi connectivity index (χ0n) is 8.69. The number of ether oxygens (including phenoxy) is 1. The number of carbonyl (C=O) groups excluding carboxylic acids is 2. The summed E-state index contributed by atoms with van der Waals surface area (Å²) in [7, 11) is 0. The Hall–Kier alpha value is -1.49. The first-order valence-corrected chi connectivity index (χ1v) is 4.62. The monoisotopic (exact) mass is 211 g/mol. The van der Waals surface area contributed by atoms with Gasteiger partial charge in [-0.3, -0.25) is 14.6 Å². The lowest BCUT2D eigenvalue weighted by Gasteiger charge is -2.17. The summed E-state index contributed by atoms with van der Waals surface area (Å²) >= 11 is 0. The Morgan fingerprint density at radius 3 is 2.80 bits per heavy atom. The first-order valence-electron chi connectivity index (χ1n) is 4.62. The smallest absolute Gasteiger partial charge is 0.327 e. The number of ketones is 1. The Kier molecular flexibility index (Phi) is 3.74. The zero-order chi connectivity index (χ0) is 11.4. The van der Waals surface area contributed by atoms with Gasteiger partial charge in [-0.2, -0.15) is 0 Å². The van der Waals surface area contributed by atoms with Crippen LogP contribution in [0.2, 0.25) is 0 Å². The largest absolute Gasteiger partial charge is 0.430 e. The van der Waals surface area contributed by atoms with Crippen molar-refractivity contribution in [2.24, 2.45) is 10.9 Å². The Bertz CT molecular complexity index is 343. The fourth-order valence-corrected chi connectivity index (χ4v) is 1.34. The van der Waals surface area contributed by atoms with E-state index in [1.54, 1.807) is 13.8 Å². The van der Waals surface area contributed by atoms with E-state index in [0.717, 1.165) is 0 Å². The Morgan fingerprint density at radius 1 is 1.60 bits per heavy atom. The van der Waals surface area contributed by atoms with Gasteiger partial charge in [-0.25, -0.2) is 0 Å². The van der Waals surface area contributed by atoms with Crippen molar-refractivity contribution in [2.75, 3.05) is 13.2 Å². The molecule has 1 aliphatic heterocycles. The third-order valence-corrected chi connectivity index (χ3v) is 2.01. The lowest BCUT2D eigenvalue weighted by molar-refractivity contribution is -0.146. The van der Waals surface area contributed by atoms with Crippen LogP contribution in [0.5, 0.6) is 0 Å². The highest BCUT2D eigenvalue weighted by Crippen LogP contribution is 2.16. The molecule has 0 saturated carbocycles. The highest BCUT2D eigenvalue weighted by Gasteiger charge is 2.33. The average Bonchev–Trinajstić information content (AvgIpc) is 2.12. The summed E-state index contributed by atoms with van der Waals surface area (Å²) in [5, 5.41) is 8.57. The molecule has 82 valence electrons. The maximum atomic E-state index is 11.5. The van der Waals surface area contributed by atoms with Crippen LogP contribution in [0.3, 0.4) is 0 Å². The SMILES string of the molecule is CC1=CC(=O)C(C(C)=NCCO)C(=O)O1. The number of cyclic esters (lactones) is 1. The third kappa shape index (κ3) is 2.73. The molecule has 0 amide bonds. The van der Waals surface area contributed by atoms with E-state index >= 15 is 0 Å². The van der Waals surface area contributed by atoms with E-state index in [4.69, 9.17) is 9.84 Å². The van der Waals surface area contributed by atoms with Gasteiger partial charge in [-0.1, -0.05) is 0 Å². The van der Waals surface area contributed by atoms with Gasteiger partial charge in [0, 0.05) is 11.8 Å². The highest BCUT2D eigenvalue weighted by atomic mass is 16.5. The van der Waals surface area contributed by atoms with Gasteiger partial charge in [-0.15, -0.1) is 0 Å². The third-order valence-electron chi connectivity index (χ3n) is 2.01. The maximum Gasteiger partial charge on any atom is 0.327 e. The summed E-state index contributed by atoms with van der Waals surface area (Å²) in [5.74, 6) is -1.56. The molecule has 1 atom stereocenters. The molecule has 15 heavy (non-hydrogen) atoms. The van der Waals surface area contributed by atoms with E-state index in [2.05, 4.69) is 4.99 Å². The molecule has 1 N–H and O–H groups in total. The van der Waals surface area contributed by atoms with Crippen molar-refractivity contribution in [1.82, 2.24) is 0 Å². The molecule has 5 nitrogen and oxygen atoms in total. The molecule has 0 fully saturated rings. The van der Waals surface area contributed by atoms with Crippen LogP contribution in [-0.2, 0) is 14.3 Å². The van der Waals surface area contributed by atoms with Gasteiger partial charge >= 0.3 is 5.97 Å². The summed E-state index contributed by atoms with van der Waals surface area (Å²) in [4.78, 5) is 26.8. The molecule has 0 aromatic heterocycles. The number of aliphatic imine (C=N–C) groups is 1. The summed E-state index contributed by atoms with van der Waals surface area (Å²) < 4.78 is 4.83. The number of allylic oxidation sites excluding steroid dienone is 2. The number of aliphatic hydroxyl groups excluding tert-OH is 1. The summed E-state index contributed by atoms with van der Waals surface area (Å²) in [6.45, 7) is 3.20. The van der Waals surface area contributed by atoms with Crippen LogP contribution < -0.4 is 0 Å². The van der Waals surface area contributed by atoms with Crippen LogP contribution in [0, 0.1) is 5.92 Å². The minimum atomic E-state index is -0.944. The van der Waals surface area contributed by atoms with Crippen LogP contribution in [0.25, 0.3) is 0 Å². The molecule has 0 spiro atoms. The molecule has 0 aromatic rings. The van der Waals surface area contributed by atoms with Gasteiger partial charge in [-0.05, 0) is 13.8 Å². The summed E-state index contributed by atoms with van der Waals surface area (Å²) in [5.41, 5.74) is 0.378.